The van der Waals surface area contributed by atoms with E-state index in [0.29, 0.717) is 0 Å². The molecule has 20 heavy (non-hydrogen) atoms. The van der Waals surface area contributed by atoms with E-state index in [4.69, 9.17) is 5.11 Å². The zero-order valence-electron chi connectivity index (χ0n) is 10.2. The number of halogens is 3. The predicted octanol–water partition coefficient (Wildman–Crippen LogP) is 3.80. The van der Waals surface area contributed by atoms with E-state index in [2.05, 4.69) is 6.07 Å². The summed E-state index contributed by atoms with van der Waals surface area (Å²) in [4.78, 5) is 10.8. The second-order valence-electron chi connectivity index (χ2n) is 4.18. The first-order valence-corrected chi connectivity index (χ1v) is 5.77. The highest BCUT2D eigenvalue weighted by atomic mass is 19.4. The molecule has 0 atom stereocenters. The maximum absolute atomic E-state index is 13.0. The minimum atomic E-state index is -4.49. The van der Waals surface area contributed by atoms with Crippen LogP contribution in [0.15, 0.2) is 42.5 Å². The minimum absolute atomic E-state index is 0.0342. The monoisotopic (exact) mass is 279 g/mol. The van der Waals surface area contributed by atoms with Crippen molar-refractivity contribution < 1.29 is 23.1 Å². The Balaban J connectivity index is 2.61. The van der Waals surface area contributed by atoms with Gasteiger partial charge < -0.3 is 5.11 Å². The third kappa shape index (κ3) is 2.99. The van der Waals surface area contributed by atoms with Gasteiger partial charge >= 0.3 is 12.1 Å². The average Bonchev–Trinajstić information content (AvgIpc) is 2.38. The average molecular weight is 279 g/mol. The van der Waals surface area contributed by atoms with Crippen LogP contribution < -0.4 is 0 Å². The number of hydrogen-bond acceptors (Lipinski definition) is 1. The fourth-order valence-electron chi connectivity index (χ4n) is 1.99. The molecule has 0 saturated heterocycles. The Morgan fingerprint density at radius 1 is 1.10 bits per heavy atom. The van der Waals surface area contributed by atoms with Gasteiger partial charge in [0.05, 0.1) is 12.0 Å². The standard InChI is InChI=1S/C15H10F3O2/c16-15(17,18)13-8-4-3-7-12(13)11-6-2-1-5-10(11)9-14(19)20/h1-4,6-8H,9H2,(H,19,20). The Morgan fingerprint density at radius 3 is 2.40 bits per heavy atom. The van der Waals surface area contributed by atoms with Crippen LogP contribution in [0.25, 0.3) is 11.1 Å². The van der Waals surface area contributed by atoms with E-state index >= 15 is 0 Å². The Kier molecular flexibility index (Phi) is 3.79. The van der Waals surface area contributed by atoms with Crippen LogP contribution in [0.2, 0.25) is 0 Å². The summed E-state index contributed by atoms with van der Waals surface area (Å²) in [7, 11) is 0. The number of rotatable bonds is 3. The highest BCUT2D eigenvalue weighted by Crippen LogP contribution is 2.37. The van der Waals surface area contributed by atoms with E-state index < -0.39 is 17.7 Å². The van der Waals surface area contributed by atoms with Gasteiger partial charge in [0, 0.05) is 0 Å². The molecule has 0 amide bonds. The Bertz CT molecular complexity index is 633. The first-order valence-electron chi connectivity index (χ1n) is 5.77. The summed E-state index contributed by atoms with van der Waals surface area (Å²) in [5, 5.41) is 8.83. The van der Waals surface area contributed by atoms with Crippen molar-refractivity contribution in [3.8, 4) is 11.1 Å². The van der Waals surface area contributed by atoms with E-state index in [1.54, 1.807) is 0 Å². The van der Waals surface area contributed by atoms with Gasteiger partial charge in [0.15, 0.2) is 0 Å². The van der Waals surface area contributed by atoms with Crippen molar-refractivity contribution in [2.24, 2.45) is 0 Å². The fourth-order valence-corrected chi connectivity index (χ4v) is 1.99. The van der Waals surface area contributed by atoms with E-state index in [-0.39, 0.29) is 23.1 Å². The normalized spacial score (nSPS) is 11.3. The zero-order valence-corrected chi connectivity index (χ0v) is 10.2. The van der Waals surface area contributed by atoms with Gasteiger partial charge in [0.2, 0.25) is 0 Å². The van der Waals surface area contributed by atoms with E-state index in [0.717, 1.165) is 6.07 Å². The molecule has 0 unspecified atom stereocenters. The van der Waals surface area contributed by atoms with Crippen LogP contribution >= 0.6 is 0 Å². The van der Waals surface area contributed by atoms with Crippen molar-refractivity contribution in [1.29, 1.82) is 0 Å². The topological polar surface area (TPSA) is 37.3 Å². The molecule has 2 nitrogen and oxygen atoms in total. The number of carbonyl (C=O) groups is 1. The van der Waals surface area contributed by atoms with Crippen LogP contribution in [0.4, 0.5) is 13.2 Å². The number of benzene rings is 2. The van der Waals surface area contributed by atoms with Gasteiger partial charge in [-0.2, -0.15) is 13.2 Å². The third-order valence-corrected chi connectivity index (χ3v) is 2.79. The van der Waals surface area contributed by atoms with Crippen molar-refractivity contribution in [2.75, 3.05) is 0 Å². The number of hydrogen-bond donors (Lipinski definition) is 1. The molecule has 0 aliphatic heterocycles. The molecule has 0 fully saturated rings. The molecule has 0 heterocycles. The Morgan fingerprint density at radius 2 is 1.75 bits per heavy atom. The molecular formula is C15H10F3O2. The van der Waals surface area contributed by atoms with Gasteiger partial charge in [-0.3, -0.25) is 4.79 Å². The zero-order chi connectivity index (χ0) is 14.8. The lowest BCUT2D eigenvalue weighted by molar-refractivity contribution is -0.137. The highest BCUT2D eigenvalue weighted by molar-refractivity contribution is 5.77. The molecule has 0 aromatic heterocycles. The summed E-state index contributed by atoms with van der Waals surface area (Å²) in [6.45, 7) is 0. The molecule has 0 spiro atoms. The quantitative estimate of drug-likeness (QED) is 0.927. The molecule has 0 bridgehead atoms. The molecule has 5 heteroatoms. The van der Waals surface area contributed by atoms with E-state index in [9.17, 15) is 18.0 Å². The van der Waals surface area contributed by atoms with Crippen molar-refractivity contribution in [1.82, 2.24) is 0 Å². The smallest absolute Gasteiger partial charge is 0.417 e. The number of carboxylic acids is 1. The summed E-state index contributed by atoms with van der Waals surface area (Å²) >= 11 is 0. The fraction of sp³-hybridized carbons (Fsp3) is 0.133. The van der Waals surface area contributed by atoms with Crippen molar-refractivity contribution >= 4 is 5.97 Å². The molecule has 2 rings (SSSR count). The van der Waals surface area contributed by atoms with Gasteiger partial charge in [-0.15, -0.1) is 0 Å². The SMILES string of the molecule is O=C(O)Cc1[c]cccc1-c1ccccc1C(F)(F)F. The second-order valence-corrected chi connectivity index (χ2v) is 4.18. The lowest BCUT2D eigenvalue weighted by Gasteiger charge is -2.14. The van der Waals surface area contributed by atoms with Crippen LogP contribution in [0.1, 0.15) is 11.1 Å². The predicted molar refractivity (Wildman–Crippen MR) is 67.1 cm³/mol. The van der Waals surface area contributed by atoms with Gasteiger partial charge in [-0.25, -0.2) is 0 Å². The van der Waals surface area contributed by atoms with Crippen LogP contribution in [0.3, 0.4) is 0 Å². The summed E-state index contributed by atoms with van der Waals surface area (Å²) in [6, 6.07) is 12.3. The summed E-state index contributed by atoms with van der Waals surface area (Å²) < 4.78 is 39.0. The van der Waals surface area contributed by atoms with Crippen LogP contribution in [-0.4, -0.2) is 11.1 Å². The molecule has 0 aliphatic carbocycles. The lowest BCUT2D eigenvalue weighted by Crippen LogP contribution is -2.08. The number of alkyl halides is 3. The minimum Gasteiger partial charge on any atom is -0.481 e. The largest absolute Gasteiger partial charge is 0.481 e. The highest BCUT2D eigenvalue weighted by Gasteiger charge is 2.33. The molecular weight excluding hydrogens is 269 g/mol. The van der Waals surface area contributed by atoms with E-state index in [1.807, 2.05) is 0 Å². The van der Waals surface area contributed by atoms with Crippen LogP contribution in [-0.2, 0) is 17.4 Å². The van der Waals surface area contributed by atoms with Gasteiger partial charge in [-0.05, 0) is 28.8 Å². The van der Waals surface area contributed by atoms with E-state index in [1.165, 1.54) is 36.4 Å². The van der Waals surface area contributed by atoms with Crippen molar-refractivity contribution in [3.63, 3.8) is 0 Å². The first-order chi connectivity index (χ1) is 9.39. The summed E-state index contributed by atoms with van der Waals surface area (Å²) in [5.41, 5.74) is -0.348. The molecule has 2 aromatic rings. The molecule has 2 aromatic carbocycles. The molecule has 103 valence electrons. The maximum atomic E-state index is 13.0. The third-order valence-electron chi connectivity index (χ3n) is 2.79. The molecule has 1 radical (unpaired) electrons. The lowest BCUT2D eigenvalue weighted by atomic mass is 9.94. The van der Waals surface area contributed by atoms with Crippen LogP contribution in [0.5, 0.6) is 0 Å². The Hall–Kier alpha value is -2.30. The Labute approximate surface area is 113 Å². The summed E-state index contributed by atoms with van der Waals surface area (Å²) in [5.74, 6) is -1.11. The number of aliphatic carboxylic acids is 1. The number of carboxylic acid groups (broad SMARTS) is 1. The van der Waals surface area contributed by atoms with Gasteiger partial charge in [0.1, 0.15) is 0 Å². The maximum Gasteiger partial charge on any atom is 0.417 e. The van der Waals surface area contributed by atoms with Crippen molar-refractivity contribution in [2.45, 2.75) is 12.6 Å². The molecule has 0 saturated carbocycles. The van der Waals surface area contributed by atoms with Crippen molar-refractivity contribution in [3.05, 3.63) is 59.7 Å². The molecule has 0 aliphatic rings. The van der Waals surface area contributed by atoms with Gasteiger partial charge in [0.25, 0.3) is 0 Å². The summed E-state index contributed by atoms with van der Waals surface area (Å²) in [6.07, 6.45) is -4.87. The molecule has 1 N–H and O–H groups in total. The van der Waals surface area contributed by atoms with Crippen LogP contribution in [0, 0.1) is 6.07 Å². The van der Waals surface area contributed by atoms with Gasteiger partial charge in [-0.1, -0.05) is 36.4 Å². The first kappa shape index (κ1) is 14.1. The second kappa shape index (κ2) is 5.36.